The molecule has 2 aliphatic rings. The number of hydrogen-bond acceptors (Lipinski definition) is 5. The Balaban J connectivity index is 1.54. The van der Waals surface area contributed by atoms with Crippen LogP contribution in [0, 0.1) is 5.92 Å². The molecule has 1 aliphatic carbocycles. The van der Waals surface area contributed by atoms with Gasteiger partial charge in [-0.05, 0) is 38.7 Å². The third-order valence-electron chi connectivity index (χ3n) is 5.64. The van der Waals surface area contributed by atoms with Crippen LogP contribution in [-0.4, -0.2) is 44.7 Å². The maximum atomic E-state index is 12.6. The predicted molar refractivity (Wildman–Crippen MR) is 99.9 cm³/mol. The molecule has 1 aliphatic heterocycles. The average Bonchev–Trinajstić information content (AvgIpc) is 3.33. The molecule has 7 nitrogen and oxygen atoms in total. The number of anilines is 1. The monoisotopic (exact) mass is 350 g/mol. The highest BCUT2D eigenvalue weighted by atomic mass is 16.2. The van der Waals surface area contributed by atoms with Crippen LogP contribution < -0.4 is 10.2 Å². The summed E-state index contributed by atoms with van der Waals surface area (Å²) >= 11 is 0. The fourth-order valence-corrected chi connectivity index (χ4v) is 3.93. The number of nitrogens with zero attached hydrogens (tertiary/aromatic N) is 4. The summed E-state index contributed by atoms with van der Waals surface area (Å²) in [5.74, 6) is 1.05. The van der Waals surface area contributed by atoms with Gasteiger partial charge in [0.15, 0.2) is 5.82 Å². The second-order valence-corrected chi connectivity index (χ2v) is 7.56. The molecule has 0 bridgehead atoms. The Labute approximate surface area is 151 Å². The standard InChI is InChI=1S/C19H22N6O/c1-11-2-3-12(19(26)23-14-4-5-14)10-25(11)18-16-13(9-22-24-18)8-21-17-15(16)6-7-20-17/h6-9,11-12,14H,2-5,10H2,1H3,(H,20,21)(H,23,26). The lowest BCUT2D eigenvalue weighted by atomic mass is 9.92. The first-order chi connectivity index (χ1) is 12.7. The Hall–Kier alpha value is -2.70. The largest absolute Gasteiger partial charge is 0.353 e. The topological polar surface area (TPSA) is 86.8 Å². The van der Waals surface area contributed by atoms with Crippen molar-refractivity contribution in [2.24, 2.45) is 5.92 Å². The normalized spacial score (nSPS) is 23.5. The summed E-state index contributed by atoms with van der Waals surface area (Å²) in [7, 11) is 0. The summed E-state index contributed by atoms with van der Waals surface area (Å²) in [5.41, 5.74) is 0.847. The first-order valence-electron chi connectivity index (χ1n) is 9.35. The molecule has 1 saturated carbocycles. The summed E-state index contributed by atoms with van der Waals surface area (Å²) < 4.78 is 0. The molecule has 2 fully saturated rings. The van der Waals surface area contributed by atoms with E-state index in [9.17, 15) is 4.79 Å². The lowest BCUT2D eigenvalue weighted by Gasteiger charge is -2.38. The summed E-state index contributed by atoms with van der Waals surface area (Å²) in [4.78, 5) is 22.4. The lowest BCUT2D eigenvalue weighted by molar-refractivity contribution is -0.125. The number of aromatic nitrogens is 4. The highest BCUT2D eigenvalue weighted by Gasteiger charge is 2.34. The van der Waals surface area contributed by atoms with Gasteiger partial charge in [0.2, 0.25) is 5.91 Å². The summed E-state index contributed by atoms with van der Waals surface area (Å²) in [6.45, 7) is 2.88. The molecule has 3 aromatic rings. The van der Waals surface area contributed by atoms with Crippen LogP contribution in [0.3, 0.4) is 0 Å². The quantitative estimate of drug-likeness (QED) is 0.757. The first kappa shape index (κ1) is 15.5. The van der Waals surface area contributed by atoms with E-state index in [4.69, 9.17) is 0 Å². The zero-order chi connectivity index (χ0) is 17.7. The van der Waals surface area contributed by atoms with Crippen LogP contribution in [0.25, 0.3) is 21.8 Å². The van der Waals surface area contributed by atoms with Gasteiger partial charge in [-0.2, -0.15) is 5.10 Å². The molecule has 26 heavy (non-hydrogen) atoms. The van der Waals surface area contributed by atoms with Crippen LogP contribution in [-0.2, 0) is 4.79 Å². The minimum absolute atomic E-state index is 0.00686. The van der Waals surface area contributed by atoms with Gasteiger partial charge in [-0.15, -0.1) is 5.10 Å². The van der Waals surface area contributed by atoms with Crippen LogP contribution in [0.5, 0.6) is 0 Å². The van der Waals surface area contributed by atoms with Gasteiger partial charge in [-0.3, -0.25) is 4.79 Å². The van der Waals surface area contributed by atoms with Crippen molar-refractivity contribution in [3.05, 3.63) is 24.7 Å². The molecular formula is C19H22N6O. The number of rotatable bonds is 3. The zero-order valence-electron chi connectivity index (χ0n) is 14.8. The SMILES string of the molecule is CC1CCC(C(=O)NC2CC2)CN1c1nncc2cnc3[nH]ccc3c12. The van der Waals surface area contributed by atoms with Crippen molar-refractivity contribution in [2.75, 3.05) is 11.4 Å². The van der Waals surface area contributed by atoms with Crippen molar-refractivity contribution < 1.29 is 4.79 Å². The van der Waals surface area contributed by atoms with Gasteiger partial charge in [-0.1, -0.05) is 0 Å². The number of aromatic amines is 1. The Bertz CT molecular complexity index is 978. The second-order valence-electron chi connectivity index (χ2n) is 7.56. The molecule has 1 saturated heterocycles. The third kappa shape index (κ3) is 2.58. The van der Waals surface area contributed by atoms with E-state index in [2.05, 4.69) is 37.3 Å². The molecule has 2 N–H and O–H groups in total. The number of amides is 1. The number of fused-ring (bicyclic) bond motifs is 3. The van der Waals surface area contributed by atoms with Crippen molar-refractivity contribution in [2.45, 2.75) is 44.7 Å². The van der Waals surface area contributed by atoms with Gasteiger partial charge in [0.25, 0.3) is 0 Å². The molecule has 0 spiro atoms. The number of hydrogen-bond donors (Lipinski definition) is 2. The Morgan fingerprint density at radius 2 is 2.15 bits per heavy atom. The summed E-state index contributed by atoms with van der Waals surface area (Å²) in [5, 5.41) is 14.9. The molecule has 2 unspecified atom stereocenters. The summed E-state index contributed by atoms with van der Waals surface area (Å²) in [6, 6.07) is 2.75. The van der Waals surface area contributed by atoms with Crippen molar-refractivity contribution in [1.29, 1.82) is 0 Å². The van der Waals surface area contributed by atoms with Gasteiger partial charge in [0.05, 0.1) is 12.1 Å². The first-order valence-corrected chi connectivity index (χ1v) is 9.35. The van der Waals surface area contributed by atoms with E-state index in [0.717, 1.165) is 53.3 Å². The van der Waals surface area contributed by atoms with Gasteiger partial charge >= 0.3 is 0 Å². The van der Waals surface area contributed by atoms with Crippen LogP contribution in [0.1, 0.15) is 32.6 Å². The van der Waals surface area contributed by atoms with E-state index in [1.807, 2.05) is 18.5 Å². The average molecular weight is 350 g/mol. The minimum atomic E-state index is 0.00686. The number of carbonyl (C=O) groups is 1. The van der Waals surface area contributed by atoms with E-state index < -0.39 is 0 Å². The molecule has 0 radical (unpaired) electrons. The number of nitrogens with one attached hydrogen (secondary N) is 2. The van der Waals surface area contributed by atoms with Gasteiger partial charge in [0, 0.05) is 47.2 Å². The smallest absolute Gasteiger partial charge is 0.225 e. The van der Waals surface area contributed by atoms with Gasteiger partial charge in [-0.25, -0.2) is 4.98 Å². The van der Waals surface area contributed by atoms with E-state index in [-0.39, 0.29) is 11.8 Å². The fraction of sp³-hybridized carbons (Fsp3) is 0.474. The highest BCUT2D eigenvalue weighted by Crippen LogP contribution is 2.34. The molecule has 2 atom stereocenters. The van der Waals surface area contributed by atoms with E-state index in [1.165, 1.54) is 0 Å². The van der Waals surface area contributed by atoms with Crippen LogP contribution in [0.15, 0.2) is 24.7 Å². The van der Waals surface area contributed by atoms with Crippen LogP contribution in [0.4, 0.5) is 5.82 Å². The molecule has 7 heteroatoms. The molecule has 5 rings (SSSR count). The van der Waals surface area contributed by atoms with Crippen molar-refractivity contribution in [1.82, 2.24) is 25.5 Å². The van der Waals surface area contributed by atoms with E-state index in [0.29, 0.717) is 18.6 Å². The van der Waals surface area contributed by atoms with Gasteiger partial charge < -0.3 is 15.2 Å². The molecule has 0 aromatic carbocycles. The fourth-order valence-electron chi connectivity index (χ4n) is 3.93. The Morgan fingerprint density at radius 3 is 3.00 bits per heavy atom. The third-order valence-corrected chi connectivity index (χ3v) is 5.64. The lowest BCUT2D eigenvalue weighted by Crippen LogP contribution is -2.47. The predicted octanol–water partition coefficient (Wildman–Crippen LogP) is 2.39. The maximum absolute atomic E-state index is 12.6. The molecule has 4 heterocycles. The Kier molecular flexibility index (Phi) is 3.55. The zero-order valence-corrected chi connectivity index (χ0v) is 14.8. The molecule has 3 aromatic heterocycles. The van der Waals surface area contributed by atoms with Crippen LogP contribution >= 0.6 is 0 Å². The van der Waals surface area contributed by atoms with E-state index >= 15 is 0 Å². The molecule has 134 valence electrons. The van der Waals surface area contributed by atoms with Crippen molar-refractivity contribution in [3.63, 3.8) is 0 Å². The maximum Gasteiger partial charge on any atom is 0.225 e. The van der Waals surface area contributed by atoms with Crippen molar-refractivity contribution >= 4 is 33.5 Å². The number of pyridine rings is 1. The molecular weight excluding hydrogens is 328 g/mol. The second kappa shape index (κ2) is 5.93. The van der Waals surface area contributed by atoms with Gasteiger partial charge in [0.1, 0.15) is 5.65 Å². The van der Waals surface area contributed by atoms with Crippen molar-refractivity contribution in [3.8, 4) is 0 Å². The highest BCUT2D eigenvalue weighted by molar-refractivity contribution is 6.10. The Morgan fingerprint density at radius 1 is 1.27 bits per heavy atom. The summed E-state index contributed by atoms with van der Waals surface area (Å²) in [6.07, 6.45) is 9.62. The number of H-pyrrole nitrogens is 1. The van der Waals surface area contributed by atoms with Crippen LogP contribution in [0.2, 0.25) is 0 Å². The molecule has 1 amide bonds. The number of piperidine rings is 1. The minimum Gasteiger partial charge on any atom is -0.353 e. The van der Waals surface area contributed by atoms with E-state index in [1.54, 1.807) is 6.20 Å². The number of carbonyl (C=O) groups excluding carboxylic acids is 1.